The van der Waals surface area contributed by atoms with Crippen molar-refractivity contribution in [1.82, 2.24) is 10.2 Å². The molecule has 0 aliphatic carbocycles. The summed E-state index contributed by atoms with van der Waals surface area (Å²) in [6.07, 6.45) is 0.289. The van der Waals surface area contributed by atoms with Crippen LogP contribution in [0.3, 0.4) is 0 Å². The van der Waals surface area contributed by atoms with Crippen LogP contribution in [0.1, 0.15) is 43.0 Å². The highest BCUT2D eigenvalue weighted by molar-refractivity contribution is 5.88. The van der Waals surface area contributed by atoms with Crippen LogP contribution < -0.4 is 5.32 Å². The van der Waals surface area contributed by atoms with Gasteiger partial charge < -0.3 is 10.2 Å². The van der Waals surface area contributed by atoms with Crippen LogP contribution in [-0.2, 0) is 22.6 Å². The molecule has 144 valence electrons. The zero-order valence-corrected chi connectivity index (χ0v) is 17.0. The Morgan fingerprint density at radius 1 is 1.00 bits per heavy atom. The van der Waals surface area contributed by atoms with Gasteiger partial charge in [-0.05, 0) is 51.3 Å². The largest absolute Gasteiger partial charge is 0.352 e. The van der Waals surface area contributed by atoms with Crippen molar-refractivity contribution in [3.63, 3.8) is 0 Å². The van der Waals surface area contributed by atoms with Gasteiger partial charge in [-0.1, -0.05) is 54.1 Å². The van der Waals surface area contributed by atoms with Crippen molar-refractivity contribution >= 4 is 11.8 Å². The van der Waals surface area contributed by atoms with Crippen molar-refractivity contribution in [3.8, 4) is 0 Å². The zero-order valence-electron chi connectivity index (χ0n) is 17.0. The molecule has 0 heterocycles. The monoisotopic (exact) mass is 366 g/mol. The number of carbonyl (C=O) groups excluding carboxylic acids is 2. The lowest BCUT2D eigenvalue weighted by Crippen LogP contribution is -2.49. The van der Waals surface area contributed by atoms with Gasteiger partial charge in [-0.15, -0.1) is 0 Å². The van der Waals surface area contributed by atoms with Gasteiger partial charge in [-0.25, -0.2) is 0 Å². The van der Waals surface area contributed by atoms with Crippen molar-refractivity contribution in [2.45, 2.75) is 59.7 Å². The predicted octanol–water partition coefficient (Wildman–Crippen LogP) is 3.79. The lowest BCUT2D eigenvalue weighted by molar-refractivity contribution is -0.140. The number of benzene rings is 2. The average molecular weight is 367 g/mol. The number of carbonyl (C=O) groups is 2. The van der Waals surface area contributed by atoms with Crippen LogP contribution in [0.25, 0.3) is 0 Å². The number of hydrogen-bond donors (Lipinski definition) is 1. The molecule has 2 rings (SSSR count). The summed E-state index contributed by atoms with van der Waals surface area (Å²) >= 11 is 0. The first kappa shape index (κ1) is 20.7. The lowest BCUT2D eigenvalue weighted by Gasteiger charge is -2.29. The Labute approximate surface area is 162 Å². The molecular weight excluding hydrogens is 336 g/mol. The Morgan fingerprint density at radius 3 is 2.33 bits per heavy atom. The first-order valence-corrected chi connectivity index (χ1v) is 9.48. The number of nitrogens with zero attached hydrogens (tertiary/aromatic N) is 1. The highest BCUT2D eigenvalue weighted by Gasteiger charge is 2.26. The standard InChI is InChI=1S/C23H30N2O2/c1-16(2)24-23(27)19(5)25(15-20-11-8-9-17(3)13-20)22(26)14-21-12-7-6-10-18(21)4/h6-13,16,19H,14-15H2,1-5H3,(H,24,27). The Hall–Kier alpha value is -2.62. The van der Waals surface area contributed by atoms with Crippen molar-refractivity contribution in [3.05, 3.63) is 70.8 Å². The summed E-state index contributed by atoms with van der Waals surface area (Å²) in [5.41, 5.74) is 4.24. The van der Waals surface area contributed by atoms with Crippen molar-refractivity contribution in [2.24, 2.45) is 0 Å². The van der Waals surface area contributed by atoms with E-state index in [1.165, 1.54) is 0 Å². The van der Waals surface area contributed by atoms with E-state index in [1.54, 1.807) is 11.8 Å². The predicted molar refractivity (Wildman–Crippen MR) is 109 cm³/mol. The molecule has 0 saturated heterocycles. The van der Waals surface area contributed by atoms with Gasteiger partial charge in [0.15, 0.2) is 0 Å². The van der Waals surface area contributed by atoms with Gasteiger partial charge >= 0.3 is 0 Å². The SMILES string of the molecule is Cc1cccc(CN(C(=O)Cc2ccccc2C)C(C)C(=O)NC(C)C)c1. The molecule has 0 radical (unpaired) electrons. The molecule has 0 bridgehead atoms. The summed E-state index contributed by atoms with van der Waals surface area (Å²) in [6, 6.07) is 15.4. The fourth-order valence-electron chi connectivity index (χ4n) is 3.07. The van der Waals surface area contributed by atoms with E-state index in [2.05, 4.69) is 11.4 Å². The van der Waals surface area contributed by atoms with E-state index in [1.807, 2.05) is 70.2 Å². The minimum Gasteiger partial charge on any atom is -0.352 e. The molecule has 0 aromatic heterocycles. The Morgan fingerprint density at radius 2 is 1.70 bits per heavy atom. The highest BCUT2D eigenvalue weighted by atomic mass is 16.2. The number of amides is 2. The maximum absolute atomic E-state index is 13.1. The molecule has 2 aromatic carbocycles. The molecule has 1 unspecified atom stereocenters. The summed E-state index contributed by atoms with van der Waals surface area (Å²) in [5, 5.41) is 2.92. The third-order valence-corrected chi connectivity index (χ3v) is 4.64. The third-order valence-electron chi connectivity index (χ3n) is 4.64. The van der Waals surface area contributed by atoms with Gasteiger partial charge in [-0.3, -0.25) is 9.59 Å². The van der Waals surface area contributed by atoms with Crippen molar-refractivity contribution < 1.29 is 9.59 Å². The highest BCUT2D eigenvalue weighted by Crippen LogP contribution is 2.15. The quantitative estimate of drug-likeness (QED) is 0.810. The molecule has 2 aromatic rings. The minimum atomic E-state index is -0.538. The van der Waals surface area contributed by atoms with Gasteiger partial charge in [-0.2, -0.15) is 0 Å². The normalized spacial score (nSPS) is 11.9. The van der Waals surface area contributed by atoms with Gasteiger partial charge in [0.05, 0.1) is 6.42 Å². The minimum absolute atomic E-state index is 0.0345. The summed E-state index contributed by atoms with van der Waals surface area (Å²) in [7, 11) is 0. The van der Waals surface area contributed by atoms with Crippen LogP contribution in [0.2, 0.25) is 0 Å². The van der Waals surface area contributed by atoms with E-state index in [4.69, 9.17) is 0 Å². The number of nitrogens with one attached hydrogen (secondary N) is 1. The lowest BCUT2D eigenvalue weighted by atomic mass is 10.0. The van der Waals surface area contributed by atoms with E-state index in [-0.39, 0.29) is 24.3 Å². The molecule has 4 heteroatoms. The van der Waals surface area contributed by atoms with Crippen LogP contribution in [0, 0.1) is 13.8 Å². The Kier molecular flexibility index (Phi) is 7.17. The maximum atomic E-state index is 13.1. The third kappa shape index (κ3) is 5.95. The molecule has 0 spiro atoms. The molecule has 0 aliphatic heterocycles. The molecular formula is C23H30N2O2. The first-order valence-electron chi connectivity index (χ1n) is 9.48. The summed E-state index contributed by atoms with van der Waals surface area (Å²) in [5.74, 6) is -0.173. The molecule has 0 saturated carbocycles. The Balaban J connectivity index is 2.26. The molecule has 4 nitrogen and oxygen atoms in total. The van der Waals surface area contributed by atoms with Crippen molar-refractivity contribution in [2.75, 3.05) is 0 Å². The van der Waals surface area contributed by atoms with E-state index in [0.717, 1.165) is 22.3 Å². The Bertz CT molecular complexity index is 798. The molecule has 0 aliphatic rings. The van der Waals surface area contributed by atoms with Gasteiger partial charge in [0.1, 0.15) is 6.04 Å². The van der Waals surface area contributed by atoms with Crippen LogP contribution in [0.4, 0.5) is 0 Å². The van der Waals surface area contributed by atoms with Gasteiger partial charge in [0, 0.05) is 12.6 Å². The molecule has 27 heavy (non-hydrogen) atoms. The van der Waals surface area contributed by atoms with Crippen LogP contribution in [-0.4, -0.2) is 28.8 Å². The summed E-state index contributed by atoms with van der Waals surface area (Å²) in [4.78, 5) is 27.4. The average Bonchev–Trinajstić information content (AvgIpc) is 2.60. The topological polar surface area (TPSA) is 49.4 Å². The van der Waals surface area contributed by atoms with Crippen LogP contribution in [0.15, 0.2) is 48.5 Å². The summed E-state index contributed by atoms with van der Waals surface area (Å²) in [6.45, 7) is 10.1. The van der Waals surface area contributed by atoms with Crippen molar-refractivity contribution in [1.29, 1.82) is 0 Å². The second-order valence-electron chi connectivity index (χ2n) is 7.45. The summed E-state index contributed by atoms with van der Waals surface area (Å²) < 4.78 is 0. The fraction of sp³-hybridized carbons (Fsp3) is 0.391. The van der Waals surface area contributed by atoms with E-state index in [0.29, 0.717) is 6.54 Å². The number of aryl methyl sites for hydroxylation is 2. The number of rotatable bonds is 7. The van der Waals surface area contributed by atoms with Gasteiger partial charge in [0.2, 0.25) is 11.8 Å². The first-order chi connectivity index (χ1) is 12.8. The molecule has 2 amide bonds. The van der Waals surface area contributed by atoms with Gasteiger partial charge in [0.25, 0.3) is 0 Å². The number of hydrogen-bond acceptors (Lipinski definition) is 2. The molecule has 1 N–H and O–H groups in total. The van der Waals surface area contributed by atoms with Crippen LogP contribution >= 0.6 is 0 Å². The van der Waals surface area contributed by atoms with E-state index >= 15 is 0 Å². The second kappa shape index (κ2) is 9.36. The smallest absolute Gasteiger partial charge is 0.242 e. The zero-order chi connectivity index (χ0) is 20.0. The second-order valence-corrected chi connectivity index (χ2v) is 7.45. The van der Waals surface area contributed by atoms with E-state index < -0.39 is 6.04 Å². The van der Waals surface area contributed by atoms with E-state index in [9.17, 15) is 9.59 Å². The fourth-order valence-corrected chi connectivity index (χ4v) is 3.07. The molecule has 0 fully saturated rings. The van der Waals surface area contributed by atoms with Crippen LogP contribution in [0.5, 0.6) is 0 Å². The molecule has 1 atom stereocenters. The maximum Gasteiger partial charge on any atom is 0.242 e.